The normalized spacial score (nSPS) is 12.9. The predicted molar refractivity (Wildman–Crippen MR) is 88.2 cm³/mol. The second-order valence-corrected chi connectivity index (χ2v) is 5.89. The van der Waals surface area contributed by atoms with Gasteiger partial charge in [0.15, 0.2) is 0 Å². The summed E-state index contributed by atoms with van der Waals surface area (Å²) in [5.74, 6) is 0.834. The highest BCUT2D eigenvalue weighted by atomic mass is 16.5. The molecule has 1 aromatic carbocycles. The number of carbonyl (C=O) groups is 1. The number of pyridine rings is 1. The summed E-state index contributed by atoms with van der Waals surface area (Å²) in [6, 6.07) is 7.97. The third-order valence-corrected chi connectivity index (χ3v) is 4.23. The largest absolute Gasteiger partial charge is 0.493 e. The topological polar surface area (TPSA) is 77.2 Å². The summed E-state index contributed by atoms with van der Waals surface area (Å²) in [5, 5.41) is 7.54. The summed E-state index contributed by atoms with van der Waals surface area (Å²) in [6.45, 7) is 3.15. The predicted octanol–water partition coefficient (Wildman–Crippen LogP) is 2.44. The van der Waals surface area contributed by atoms with Crippen molar-refractivity contribution in [3.63, 3.8) is 0 Å². The van der Waals surface area contributed by atoms with Crippen molar-refractivity contribution in [2.75, 3.05) is 13.2 Å². The van der Waals surface area contributed by atoms with Crippen molar-refractivity contribution >= 4 is 17.0 Å². The minimum absolute atomic E-state index is 0.144. The molecule has 0 atom stereocenters. The Bertz CT molecular complexity index is 917. The SMILES string of the molecule is Cc1noc2ncc(C(=O)NCCc3ccc4c(c3)CCO4)cc12. The molecule has 0 fully saturated rings. The highest BCUT2D eigenvalue weighted by molar-refractivity contribution is 5.96. The van der Waals surface area contributed by atoms with Gasteiger partial charge in [0.1, 0.15) is 5.75 Å². The summed E-state index contributed by atoms with van der Waals surface area (Å²) in [7, 11) is 0. The van der Waals surface area contributed by atoms with Crippen LogP contribution in [0, 0.1) is 6.92 Å². The van der Waals surface area contributed by atoms with Crippen LogP contribution >= 0.6 is 0 Å². The number of carbonyl (C=O) groups excluding carboxylic acids is 1. The monoisotopic (exact) mass is 323 g/mol. The van der Waals surface area contributed by atoms with E-state index in [1.165, 1.54) is 17.3 Å². The molecule has 1 N–H and O–H groups in total. The van der Waals surface area contributed by atoms with Gasteiger partial charge in [0, 0.05) is 19.2 Å². The van der Waals surface area contributed by atoms with E-state index >= 15 is 0 Å². The van der Waals surface area contributed by atoms with Gasteiger partial charge in [-0.2, -0.15) is 0 Å². The van der Waals surface area contributed by atoms with E-state index in [4.69, 9.17) is 9.26 Å². The maximum atomic E-state index is 12.3. The molecule has 4 rings (SSSR count). The van der Waals surface area contributed by atoms with Crippen molar-refractivity contribution in [3.8, 4) is 5.75 Å². The van der Waals surface area contributed by atoms with E-state index in [1.807, 2.05) is 19.1 Å². The Morgan fingerprint density at radius 1 is 1.33 bits per heavy atom. The maximum absolute atomic E-state index is 12.3. The number of aromatic nitrogens is 2. The van der Waals surface area contributed by atoms with Crippen LogP contribution in [-0.2, 0) is 12.8 Å². The van der Waals surface area contributed by atoms with Crippen LogP contribution in [0.4, 0.5) is 0 Å². The molecule has 0 unspecified atom stereocenters. The molecule has 6 heteroatoms. The lowest BCUT2D eigenvalue weighted by atomic mass is 10.1. The van der Waals surface area contributed by atoms with Crippen molar-refractivity contribution < 1.29 is 14.1 Å². The number of ether oxygens (including phenoxy) is 1. The van der Waals surface area contributed by atoms with E-state index in [9.17, 15) is 4.79 Å². The Morgan fingerprint density at radius 3 is 3.17 bits per heavy atom. The van der Waals surface area contributed by atoms with Gasteiger partial charge >= 0.3 is 0 Å². The first-order valence-corrected chi connectivity index (χ1v) is 7.95. The second kappa shape index (κ2) is 5.96. The van der Waals surface area contributed by atoms with Gasteiger partial charge in [-0.15, -0.1) is 0 Å². The number of hydrogen-bond acceptors (Lipinski definition) is 5. The maximum Gasteiger partial charge on any atom is 0.257 e. The van der Waals surface area contributed by atoms with E-state index in [2.05, 4.69) is 21.5 Å². The lowest BCUT2D eigenvalue weighted by Gasteiger charge is -2.06. The minimum Gasteiger partial charge on any atom is -0.493 e. The first-order chi connectivity index (χ1) is 11.7. The summed E-state index contributed by atoms with van der Waals surface area (Å²) in [4.78, 5) is 16.4. The van der Waals surface area contributed by atoms with Gasteiger partial charge in [0.05, 0.1) is 23.3 Å². The van der Waals surface area contributed by atoms with Gasteiger partial charge in [-0.05, 0) is 36.6 Å². The molecule has 1 amide bonds. The number of fused-ring (bicyclic) bond motifs is 2. The molecule has 0 spiro atoms. The lowest BCUT2D eigenvalue weighted by molar-refractivity contribution is 0.0954. The molecule has 3 heterocycles. The Hall–Kier alpha value is -2.89. The van der Waals surface area contributed by atoms with E-state index in [-0.39, 0.29) is 5.91 Å². The molecule has 3 aromatic rings. The number of rotatable bonds is 4. The molecule has 1 aliphatic heterocycles. The average molecular weight is 323 g/mol. The van der Waals surface area contributed by atoms with Crippen molar-refractivity contribution in [2.24, 2.45) is 0 Å². The van der Waals surface area contributed by atoms with Crippen LogP contribution < -0.4 is 10.1 Å². The van der Waals surface area contributed by atoms with Gasteiger partial charge in [-0.3, -0.25) is 4.79 Å². The van der Waals surface area contributed by atoms with E-state index in [0.29, 0.717) is 17.8 Å². The average Bonchev–Trinajstić information content (AvgIpc) is 3.21. The molecule has 2 aromatic heterocycles. The van der Waals surface area contributed by atoms with Crippen LogP contribution in [0.15, 0.2) is 35.0 Å². The Morgan fingerprint density at radius 2 is 2.25 bits per heavy atom. The number of nitrogens with one attached hydrogen (secondary N) is 1. The molecule has 0 saturated carbocycles. The number of hydrogen-bond donors (Lipinski definition) is 1. The van der Waals surface area contributed by atoms with Crippen LogP contribution in [0.5, 0.6) is 5.75 Å². The third-order valence-electron chi connectivity index (χ3n) is 4.23. The molecule has 0 aliphatic carbocycles. The minimum atomic E-state index is -0.144. The number of aryl methyl sites for hydroxylation is 1. The van der Waals surface area contributed by atoms with Crippen molar-refractivity contribution in [2.45, 2.75) is 19.8 Å². The molecule has 0 radical (unpaired) electrons. The number of nitrogens with zero attached hydrogens (tertiary/aromatic N) is 2. The standard InChI is InChI=1S/C18H17N3O3/c1-11-15-9-14(10-20-18(15)24-21-11)17(22)19-6-4-12-2-3-16-13(8-12)5-7-23-16/h2-3,8-10H,4-7H2,1H3,(H,19,22). The van der Waals surface area contributed by atoms with Gasteiger partial charge in [-0.1, -0.05) is 17.3 Å². The fourth-order valence-electron chi connectivity index (χ4n) is 2.89. The highest BCUT2D eigenvalue weighted by Crippen LogP contribution is 2.25. The molecular weight excluding hydrogens is 306 g/mol. The molecular formula is C18H17N3O3. The van der Waals surface area contributed by atoms with Crippen LogP contribution in [0.2, 0.25) is 0 Å². The fourth-order valence-corrected chi connectivity index (χ4v) is 2.89. The second-order valence-electron chi connectivity index (χ2n) is 5.89. The van der Waals surface area contributed by atoms with Gasteiger partial charge < -0.3 is 14.6 Å². The van der Waals surface area contributed by atoms with E-state index in [0.717, 1.165) is 36.3 Å². The van der Waals surface area contributed by atoms with Gasteiger partial charge in [-0.25, -0.2) is 4.98 Å². The zero-order chi connectivity index (χ0) is 16.5. The van der Waals surface area contributed by atoms with Crippen molar-refractivity contribution in [1.82, 2.24) is 15.5 Å². The van der Waals surface area contributed by atoms with Crippen LogP contribution in [-0.4, -0.2) is 29.2 Å². The summed E-state index contributed by atoms with van der Waals surface area (Å²) < 4.78 is 10.6. The number of amides is 1. The van der Waals surface area contributed by atoms with Crippen LogP contribution in [0.25, 0.3) is 11.1 Å². The van der Waals surface area contributed by atoms with Crippen LogP contribution in [0.3, 0.4) is 0 Å². The van der Waals surface area contributed by atoms with Gasteiger partial charge in [0.2, 0.25) is 0 Å². The quantitative estimate of drug-likeness (QED) is 0.798. The van der Waals surface area contributed by atoms with Crippen molar-refractivity contribution in [1.29, 1.82) is 0 Å². The third kappa shape index (κ3) is 2.71. The van der Waals surface area contributed by atoms with Crippen LogP contribution in [0.1, 0.15) is 27.2 Å². The lowest BCUT2D eigenvalue weighted by Crippen LogP contribution is -2.25. The summed E-state index contributed by atoms with van der Waals surface area (Å²) in [6.07, 6.45) is 3.25. The molecule has 122 valence electrons. The van der Waals surface area contributed by atoms with Gasteiger partial charge in [0.25, 0.3) is 11.6 Å². The molecule has 6 nitrogen and oxygen atoms in total. The smallest absolute Gasteiger partial charge is 0.257 e. The Balaban J connectivity index is 1.39. The summed E-state index contributed by atoms with van der Waals surface area (Å²) >= 11 is 0. The first-order valence-electron chi connectivity index (χ1n) is 7.95. The Labute approximate surface area is 138 Å². The van der Waals surface area contributed by atoms with E-state index in [1.54, 1.807) is 6.07 Å². The zero-order valence-electron chi connectivity index (χ0n) is 13.3. The molecule has 0 saturated heterocycles. The highest BCUT2D eigenvalue weighted by Gasteiger charge is 2.13. The summed E-state index contributed by atoms with van der Waals surface area (Å²) in [5.41, 5.74) is 4.13. The Kier molecular flexibility index (Phi) is 3.65. The first kappa shape index (κ1) is 14.7. The number of benzene rings is 1. The van der Waals surface area contributed by atoms with Crippen molar-refractivity contribution in [3.05, 3.63) is 52.8 Å². The zero-order valence-corrected chi connectivity index (χ0v) is 13.3. The molecule has 0 bridgehead atoms. The van der Waals surface area contributed by atoms with E-state index < -0.39 is 0 Å². The fraction of sp³-hybridized carbons (Fsp3) is 0.278. The molecule has 1 aliphatic rings. The molecule has 24 heavy (non-hydrogen) atoms.